The summed E-state index contributed by atoms with van der Waals surface area (Å²) in [7, 11) is 3.22. The van der Waals surface area contributed by atoms with E-state index in [1.807, 2.05) is 0 Å². The van der Waals surface area contributed by atoms with Gasteiger partial charge in [-0.1, -0.05) is 0 Å². The van der Waals surface area contributed by atoms with Crippen molar-refractivity contribution >= 4 is 17.4 Å². The molecular weight excluding hydrogens is 255 g/mol. The molecule has 0 spiro atoms. The van der Waals surface area contributed by atoms with Crippen molar-refractivity contribution in [3.05, 3.63) is 34.1 Å². The third kappa shape index (κ3) is 4.41. The number of carbonyl (C=O) groups is 1. The summed E-state index contributed by atoms with van der Waals surface area (Å²) in [5.74, 6) is -0.701. The summed E-state index contributed by atoms with van der Waals surface area (Å²) in [6, 6.07) is 3.11. The molecule has 104 valence electrons. The molecule has 0 aliphatic rings. The summed E-state index contributed by atoms with van der Waals surface area (Å²) in [6.45, 7) is 0.627. The van der Waals surface area contributed by atoms with Crippen LogP contribution in [-0.4, -0.2) is 43.0 Å². The average molecular weight is 270 g/mol. The number of rotatable bonds is 5. The van der Waals surface area contributed by atoms with E-state index in [-0.39, 0.29) is 17.4 Å². The van der Waals surface area contributed by atoms with E-state index in [1.54, 1.807) is 14.1 Å². The second kappa shape index (κ2) is 6.53. The van der Waals surface area contributed by atoms with Gasteiger partial charge in [-0.05, 0) is 6.07 Å². The molecule has 0 saturated carbocycles. The maximum atomic E-state index is 13.5. The van der Waals surface area contributed by atoms with Gasteiger partial charge < -0.3 is 15.5 Å². The number of hydrogen-bond acceptors (Lipinski definition) is 4. The van der Waals surface area contributed by atoms with Crippen molar-refractivity contribution in [3.8, 4) is 0 Å². The molecule has 0 aliphatic heterocycles. The predicted molar refractivity (Wildman–Crippen MR) is 68.6 cm³/mol. The Bertz CT molecular complexity index is 479. The minimum Gasteiger partial charge on any atom is -0.381 e. The van der Waals surface area contributed by atoms with Gasteiger partial charge in [0.25, 0.3) is 5.69 Å². The molecule has 0 radical (unpaired) electrons. The summed E-state index contributed by atoms with van der Waals surface area (Å²) < 4.78 is 13.5. The summed E-state index contributed by atoms with van der Waals surface area (Å²) >= 11 is 0. The van der Waals surface area contributed by atoms with E-state index >= 15 is 0 Å². The molecule has 0 aliphatic carbocycles. The van der Waals surface area contributed by atoms with Crippen LogP contribution in [0.15, 0.2) is 18.2 Å². The molecule has 1 aromatic carbocycles. The fraction of sp³-hybridized carbons (Fsp3) is 0.364. The van der Waals surface area contributed by atoms with Crippen molar-refractivity contribution in [2.45, 2.75) is 0 Å². The Morgan fingerprint density at radius 2 is 2.11 bits per heavy atom. The highest BCUT2D eigenvalue weighted by Crippen LogP contribution is 2.19. The van der Waals surface area contributed by atoms with E-state index in [9.17, 15) is 19.3 Å². The molecular formula is C11H15FN4O3. The Hall–Kier alpha value is -2.38. The van der Waals surface area contributed by atoms with Gasteiger partial charge in [-0.3, -0.25) is 10.1 Å². The lowest BCUT2D eigenvalue weighted by atomic mass is 10.2. The minimum atomic E-state index is -0.701. The van der Waals surface area contributed by atoms with Crippen LogP contribution in [0.25, 0.3) is 0 Å². The van der Waals surface area contributed by atoms with E-state index in [4.69, 9.17) is 0 Å². The van der Waals surface area contributed by atoms with Crippen molar-refractivity contribution in [2.75, 3.05) is 32.5 Å². The van der Waals surface area contributed by atoms with Crippen LogP contribution in [0.4, 0.5) is 20.6 Å². The van der Waals surface area contributed by atoms with Crippen LogP contribution in [0.3, 0.4) is 0 Å². The number of nitro benzene ring substituents is 1. The molecule has 1 aromatic rings. The van der Waals surface area contributed by atoms with Crippen molar-refractivity contribution in [1.29, 1.82) is 0 Å². The van der Waals surface area contributed by atoms with Gasteiger partial charge >= 0.3 is 6.03 Å². The molecule has 0 fully saturated rings. The lowest BCUT2D eigenvalue weighted by Gasteiger charge is -2.12. The summed E-state index contributed by atoms with van der Waals surface area (Å²) in [4.78, 5) is 22.3. The minimum absolute atomic E-state index is 0.157. The van der Waals surface area contributed by atoms with Gasteiger partial charge in [-0.2, -0.15) is 0 Å². The van der Waals surface area contributed by atoms with Crippen LogP contribution in [-0.2, 0) is 0 Å². The Morgan fingerprint density at radius 3 is 2.63 bits per heavy atom. The summed E-state index contributed by atoms with van der Waals surface area (Å²) in [5, 5.41) is 15.8. The zero-order valence-electron chi connectivity index (χ0n) is 10.6. The Labute approximate surface area is 109 Å². The molecule has 0 aromatic heterocycles. The van der Waals surface area contributed by atoms with Crippen LogP contribution in [0.5, 0.6) is 0 Å². The van der Waals surface area contributed by atoms with Gasteiger partial charge in [0.1, 0.15) is 0 Å². The highest BCUT2D eigenvalue weighted by atomic mass is 19.1. The third-order valence-corrected chi connectivity index (χ3v) is 2.29. The quantitative estimate of drug-likeness (QED) is 0.481. The van der Waals surface area contributed by atoms with Crippen LogP contribution in [0, 0.1) is 15.9 Å². The standard InChI is InChI=1S/C11H15FN4O3/c1-15(2)11(17)14-6-5-13-10-4-3-8(16(18)19)7-9(10)12/h3-4,7,13H,5-6H2,1-2H3,(H,14,17). The molecule has 0 heterocycles. The number of nitrogens with one attached hydrogen (secondary N) is 2. The van der Waals surface area contributed by atoms with Gasteiger partial charge in [0.2, 0.25) is 0 Å². The van der Waals surface area contributed by atoms with Crippen LogP contribution in [0.2, 0.25) is 0 Å². The zero-order valence-corrected chi connectivity index (χ0v) is 10.6. The molecule has 2 amide bonds. The molecule has 7 nitrogen and oxygen atoms in total. The maximum absolute atomic E-state index is 13.5. The summed E-state index contributed by atoms with van der Waals surface area (Å²) in [6.07, 6.45) is 0. The molecule has 0 saturated heterocycles. The molecule has 1 rings (SSSR count). The first-order valence-electron chi connectivity index (χ1n) is 5.55. The number of non-ortho nitro benzene ring substituents is 1. The number of halogens is 1. The van der Waals surface area contributed by atoms with Crippen LogP contribution >= 0.6 is 0 Å². The van der Waals surface area contributed by atoms with Crippen LogP contribution < -0.4 is 10.6 Å². The third-order valence-electron chi connectivity index (χ3n) is 2.29. The lowest BCUT2D eigenvalue weighted by molar-refractivity contribution is -0.385. The monoisotopic (exact) mass is 270 g/mol. The Kier molecular flexibility index (Phi) is 5.04. The number of urea groups is 1. The number of amides is 2. The van der Waals surface area contributed by atoms with E-state index in [1.165, 1.54) is 17.0 Å². The van der Waals surface area contributed by atoms with Gasteiger partial charge in [0.05, 0.1) is 16.7 Å². The van der Waals surface area contributed by atoms with Gasteiger partial charge in [-0.15, -0.1) is 0 Å². The maximum Gasteiger partial charge on any atom is 0.316 e. The molecule has 19 heavy (non-hydrogen) atoms. The fourth-order valence-corrected chi connectivity index (χ4v) is 1.29. The average Bonchev–Trinajstić information content (AvgIpc) is 2.35. The molecule has 0 bridgehead atoms. The molecule has 8 heteroatoms. The van der Waals surface area contributed by atoms with E-state index in [0.29, 0.717) is 13.1 Å². The predicted octanol–water partition coefficient (Wildman–Crippen LogP) is 1.42. The molecule has 2 N–H and O–H groups in total. The zero-order chi connectivity index (χ0) is 14.4. The number of benzene rings is 1. The van der Waals surface area contributed by atoms with Crippen molar-refractivity contribution in [2.24, 2.45) is 0 Å². The topological polar surface area (TPSA) is 87.5 Å². The smallest absolute Gasteiger partial charge is 0.316 e. The molecule has 0 atom stereocenters. The Morgan fingerprint density at radius 1 is 1.42 bits per heavy atom. The Balaban J connectivity index is 2.46. The second-order valence-electron chi connectivity index (χ2n) is 3.97. The van der Waals surface area contributed by atoms with E-state index in [0.717, 1.165) is 6.07 Å². The number of hydrogen-bond donors (Lipinski definition) is 2. The van der Waals surface area contributed by atoms with E-state index in [2.05, 4.69) is 10.6 Å². The van der Waals surface area contributed by atoms with Gasteiger partial charge in [0, 0.05) is 33.3 Å². The highest BCUT2D eigenvalue weighted by molar-refractivity contribution is 5.73. The largest absolute Gasteiger partial charge is 0.381 e. The number of anilines is 1. The van der Waals surface area contributed by atoms with Crippen molar-refractivity contribution < 1.29 is 14.1 Å². The van der Waals surface area contributed by atoms with Crippen molar-refractivity contribution in [3.63, 3.8) is 0 Å². The number of nitrogens with zero attached hydrogens (tertiary/aromatic N) is 2. The lowest BCUT2D eigenvalue weighted by Crippen LogP contribution is -2.37. The van der Waals surface area contributed by atoms with Crippen LogP contribution in [0.1, 0.15) is 0 Å². The van der Waals surface area contributed by atoms with E-state index < -0.39 is 10.7 Å². The highest BCUT2D eigenvalue weighted by Gasteiger charge is 2.10. The molecule has 0 unspecified atom stereocenters. The number of nitro groups is 1. The first-order valence-corrected chi connectivity index (χ1v) is 5.55. The SMILES string of the molecule is CN(C)C(=O)NCCNc1ccc([N+](=O)[O-])cc1F. The van der Waals surface area contributed by atoms with Crippen molar-refractivity contribution in [1.82, 2.24) is 10.2 Å². The normalized spacial score (nSPS) is 9.84. The second-order valence-corrected chi connectivity index (χ2v) is 3.97. The first-order chi connectivity index (χ1) is 8.91. The first kappa shape index (κ1) is 14.7. The van der Waals surface area contributed by atoms with Gasteiger partial charge in [-0.25, -0.2) is 9.18 Å². The van der Waals surface area contributed by atoms with Gasteiger partial charge in [0.15, 0.2) is 5.82 Å². The fourth-order valence-electron chi connectivity index (χ4n) is 1.29. The number of carbonyl (C=O) groups excluding carboxylic acids is 1. The summed E-state index contributed by atoms with van der Waals surface area (Å²) in [5.41, 5.74) is -0.145.